The van der Waals surface area contributed by atoms with Crippen LogP contribution in [0.4, 0.5) is 4.39 Å². The van der Waals surface area contributed by atoms with Gasteiger partial charge in [0, 0.05) is 5.56 Å². The number of oxime groups is 1. The van der Waals surface area contributed by atoms with E-state index in [-0.39, 0.29) is 22.0 Å². The van der Waals surface area contributed by atoms with E-state index in [1.54, 1.807) is 0 Å². The highest BCUT2D eigenvalue weighted by Gasteiger charge is 2.28. The van der Waals surface area contributed by atoms with E-state index in [1.807, 2.05) is 12.2 Å². The van der Waals surface area contributed by atoms with Crippen molar-refractivity contribution in [2.75, 3.05) is 0 Å². The van der Waals surface area contributed by atoms with Gasteiger partial charge in [0.1, 0.15) is 11.5 Å². The Kier molecular flexibility index (Phi) is 6.60. The number of aromatic carboxylic acids is 1. The van der Waals surface area contributed by atoms with E-state index in [9.17, 15) is 14.4 Å². The van der Waals surface area contributed by atoms with Crippen molar-refractivity contribution in [1.29, 1.82) is 0 Å². The van der Waals surface area contributed by atoms with Crippen LogP contribution in [-0.2, 0) is 0 Å². The number of carbonyl (C=O) groups is 1. The van der Waals surface area contributed by atoms with Gasteiger partial charge in [0.15, 0.2) is 0 Å². The zero-order valence-electron chi connectivity index (χ0n) is 16.9. The van der Waals surface area contributed by atoms with Crippen LogP contribution >= 0.6 is 0 Å². The number of nitrogens with zero attached hydrogens (tertiary/aromatic N) is 1. The SMILES string of the molecule is CC1(C)C\C=C/C(C(/C=C/c2ccc(C(=O)O)cc2F)=N\O)=C\CC(C)(C)C1. The molecule has 0 saturated carbocycles. The Morgan fingerprint density at radius 1 is 1.18 bits per heavy atom. The molecule has 1 aliphatic rings. The Hall–Kier alpha value is -2.69. The zero-order valence-corrected chi connectivity index (χ0v) is 16.9. The predicted octanol–water partition coefficient (Wildman–Crippen LogP) is 6.09. The normalized spacial score (nSPS) is 22.6. The van der Waals surface area contributed by atoms with E-state index >= 15 is 0 Å². The molecule has 5 heteroatoms. The summed E-state index contributed by atoms with van der Waals surface area (Å²) in [4.78, 5) is 10.9. The average molecular weight is 385 g/mol. The second-order valence-corrected chi connectivity index (χ2v) is 8.84. The van der Waals surface area contributed by atoms with Gasteiger partial charge < -0.3 is 10.3 Å². The fourth-order valence-electron chi connectivity index (χ4n) is 3.74. The van der Waals surface area contributed by atoms with Gasteiger partial charge in [-0.25, -0.2) is 9.18 Å². The van der Waals surface area contributed by atoms with Gasteiger partial charge in [0.2, 0.25) is 0 Å². The topological polar surface area (TPSA) is 69.9 Å². The summed E-state index contributed by atoms with van der Waals surface area (Å²) in [6, 6.07) is 3.70. The van der Waals surface area contributed by atoms with Crippen molar-refractivity contribution >= 4 is 17.8 Å². The quantitative estimate of drug-likeness (QED) is 0.374. The summed E-state index contributed by atoms with van der Waals surface area (Å²) < 4.78 is 14.1. The first kappa shape index (κ1) is 21.6. The van der Waals surface area contributed by atoms with Gasteiger partial charge >= 0.3 is 5.97 Å². The first-order valence-electron chi connectivity index (χ1n) is 9.33. The molecule has 1 aliphatic carbocycles. The molecule has 0 spiro atoms. The minimum absolute atomic E-state index is 0.101. The van der Waals surface area contributed by atoms with E-state index < -0.39 is 11.8 Å². The number of hydrogen-bond donors (Lipinski definition) is 2. The summed E-state index contributed by atoms with van der Waals surface area (Å²) in [7, 11) is 0. The third kappa shape index (κ3) is 5.91. The summed E-state index contributed by atoms with van der Waals surface area (Å²) in [5, 5.41) is 21.8. The molecule has 0 aromatic heterocycles. The molecular formula is C23H28FNO3. The number of hydrogen-bond acceptors (Lipinski definition) is 3. The summed E-state index contributed by atoms with van der Waals surface area (Å²) in [6.07, 6.45) is 11.9. The Morgan fingerprint density at radius 2 is 1.86 bits per heavy atom. The highest BCUT2D eigenvalue weighted by Crippen LogP contribution is 2.40. The maximum Gasteiger partial charge on any atom is 0.335 e. The molecule has 28 heavy (non-hydrogen) atoms. The molecule has 0 atom stereocenters. The van der Waals surface area contributed by atoms with E-state index in [0.717, 1.165) is 30.9 Å². The molecule has 1 aromatic rings. The summed E-state index contributed by atoms with van der Waals surface area (Å²) >= 11 is 0. The third-order valence-electron chi connectivity index (χ3n) is 4.87. The lowest BCUT2D eigenvalue weighted by Gasteiger charge is -2.33. The van der Waals surface area contributed by atoms with Gasteiger partial charge in [-0.2, -0.15) is 0 Å². The fraction of sp³-hybridized carbons (Fsp3) is 0.391. The Balaban J connectivity index is 2.30. The van der Waals surface area contributed by atoms with Crippen LogP contribution < -0.4 is 0 Å². The molecule has 150 valence electrons. The summed E-state index contributed by atoms with van der Waals surface area (Å²) in [5.74, 6) is -1.83. The minimum Gasteiger partial charge on any atom is -0.478 e. The minimum atomic E-state index is -1.18. The number of carboxylic acids is 1. The maximum atomic E-state index is 14.1. The molecule has 4 nitrogen and oxygen atoms in total. The summed E-state index contributed by atoms with van der Waals surface area (Å²) in [5.41, 5.74) is 1.48. The van der Waals surface area contributed by atoms with Gasteiger partial charge in [-0.15, -0.1) is 0 Å². The molecule has 1 aromatic carbocycles. The van der Waals surface area contributed by atoms with Gasteiger partial charge in [-0.1, -0.05) is 57.1 Å². The van der Waals surface area contributed by atoms with Crippen molar-refractivity contribution in [2.24, 2.45) is 16.0 Å². The Labute approximate surface area is 165 Å². The van der Waals surface area contributed by atoms with Crippen LogP contribution in [0, 0.1) is 16.6 Å². The molecule has 0 bridgehead atoms. The number of benzene rings is 1. The highest BCUT2D eigenvalue weighted by atomic mass is 19.1. The Bertz CT molecular complexity index is 861. The van der Waals surface area contributed by atoms with Crippen molar-refractivity contribution in [3.05, 3.63) is 65.0 Å². The smallest absolute Gasteiger partial charge is 0.335 e. The van der Waals surface area contributed by atoms with Crippen LogP contribution in [0.5, 0.6) is 0 Å². The van der Waals surface area contributed by atoms with Crippen molar-refractivity contribution in [1.82, 2.24) is 0 Å². The van der Waals surface area contributed by atoms with Gasteiger partial charge in [-0.05, 0) is 60.0 Å². The number of carboxylic acid groups (broad SMARTS) is 1. The molecule has 2 rings (SSSR count). The molecule has 0 unspecified atom stereocenters. The van der Waals surface area contributed by atoms with Gasteiger partial charge in [-0.3, -0.25) is 0 Å². The molecule has 0 heterocycles. The lowest BCUT2D eigenvalue weighted by molar-refractivity contribution is 0.0696. The first-order chi connectivity index (χ1) is 13.0. The largest absolute Gasteiger partial charge is 0.478 e. The van der Waals surface area contributed by atoms with Crippen LogP contribution in [0.2, 0.25) is 0 Å². The lowest BCUT2D eigenvalue weighted by atomic mass is 9.72. The fourth-order valence-corrected chi connectivity index (χ4v) is 3.74. The molecule has 0 radical (unpaired) electrons. The van der Waals surface area contributed by atoms with Crippen molar-refractivity contribution < 1.29 is 19.5 Å². The molecule has 0 amide bonds. The van der Waals surface area contributed by atoms with Crippen molar-refractivity contribution in [2.45, 2.75) is 47.0 Å². The van der Waals surface area contributed by atoms with E-state index in [4.69, 9.17) is 5.11 Å². The van der Waals surface area contributed by atoms with E-state index in [0.29, 0.717) is 5.71 Å². The number of allylic oxidation sites excluding steroid dienone is 5. The van der Waals surface area contributed by atoms with Crippen molar-refractivity contribution in [3.8, 4) is 0 Å². The second-order valence-electron chi connectivity index (χ2n) is 8.84. The number of rotatable bonds is 4. The molecule has 0 aliphatic heterocycles. The molecule has 2 N–H and O–H groups in total. The number of halogens is 1. The average Bonchev–Trinajstić information content (AvgIpc) is 2.63. The van der Waals surface area contributed by atoms with Crippen LogP contribution in [0.25, 0.3) is 6.08 Å². The van der Waals surface area contributed by atoms with Crippen LogP contribution in [-0.4, -0.2) is 22.0 Å². The first-order valence-corrected chi connectivity index (χ1v) is 9.33. The van der Waals surface area contributed by atoms with Crippen molar-refractivity contribution in [3.63, 3.8) is 0 Å². The van der Waals surface area contributed by atoms with Crippen LogP contribution in [0.3, 0.4) is 0 Å². The zero-order chi connectivity index (χ0) is 20.9. The maximum absolute atomic E-state index is 14.1. The predicted molar refractivity (Wildman–Crippen MR) is 110 cm³/mol. The highest BCUT2D eigenvalue weighted by molar-refractivity contribution is 6.12. The van der Waals surface area contributed by atoms with E-state index in [1.165, 1.54) is 24.3 Å². The van der Waals surface area contributed by atoms with Crippen LogP contribution in [0.1, 0.15) is 62.9 Å². The van der Waals surface area contributed by atoms with Gasteiger partial charge in [0.05, 0.1) is 5.56 Å². The van der Waals surface area contributed by atoms with Crippen LogP contribution in [0.15, 0.2) is 53.2 Å². The monoisotopic (exact) mass is 385 g/mol. The van der Waals surface area contributed by atoms with E-state index in [2.05, 4.69) is 38.9 Å². The third-order valence-corrected chi connectivity index (χ3v) is 4.87. The molecule has 0 saturated heterocycles. The Morgan fingerprint density at radius 3 is 2.46 bits per heavy atom. The van der Waals surface area contributed by atoms with Gasteiger partial charge in [0.25, 0.3) is 0 Å². The second kappa shape index (κ2) is 8.55. The standard InChI is InChI=1S/C23H28FNO3/c1-22(2)12-5-6-17(11-13-23(3,4)15-22)20(25-28)10-9-16-7-8-18(21(26)27)14-19(16)24/h5-11,14,28H,12-13,15H2,1-4H3,(H,26,27)/b6-5-,10-9+,17-11+,25-20-. The lowest BCUT2D eigenvalue weighted by Crippen LogP contribution is -2.22. The molecular weight excluding hydrogens is 357 g/mol. The summed E-state index contributed by atoms with van der Waals surface area (Å²) in [6.45, 7) is 8.93. The molecule has 0 fully saturated rings.